The zero-order chi connectivity index (χ0) is 18.6. The van der Waals surface area contributed by atoms with Crippen molar-refractivity contribution in [2.24, 2.45) is 10.9 Å². The number of rotatable bonds is 6. The molecule has 3 fully saturated rings. The fraction of sp³-hybridized carbons (Fsp3) is 0.700. The summed E-state index contributed by atoms with van der Waals surface area (Å²) in [6.45, 7) is 8.28. The van der Waals surface area contributed by atoms with Gasteiger partial charge in [-0.3, -0.25) is 4.99 Å². The first kappa shape index (κ1) is 18.8. The molecule has 0 amide bonds. The van der Waals surface area contributed by atoms with Crippen LogP contribution in [0, 0.1) is 5.92 Å². The number of anilines is 1. The van der Waals surface area contributed by atoms with Crippen molar-refractivity contribution in [3.8, 4) is 0 Å². The molecule has 0 spiro atoms. The van der Waals surface area contributed by atoms with Crippen molar-refractivity contribution in [2.45, 2.75) is 44.7 Å². The number of pyridine rings is 1. The number of hydrogen-bond donors (Lipinski definition) is 2. The maximum Gasteiger partial charge on any atom is 0.191 e. The van der Waals surface area contributed by atoms with Gasteiger partial charge in [0.1, 0.15) is 5.82 Å². The molecule has 1 saturated carbocycles. The molecule has 7 heteroatoms. The van der Waals surface area contributed by atoms with Gasteiger partial charge in [0.2, 0.25) is 0 Å². The van der Waals surface area contributed by atoms with Crippen molar-refractivity contribution in [3.05, 3.63) is 23.4 Å². The van der Waals surface area contributed by atoms with Crippen LogP contribution in [0.2, 0.25) is 5.02 Å². The lowest BCUT2D eigenvalue weighted by molar-refractivity contribution is 0.315. The van der Waals surface area contributed by atoms with E-state index in [0.29, 0.717) is 12.0 Å². The van der Waals surface area contributed by atoms with Crippen LogP contribution in [0.3, 0.4) is 0 Å². The Morgan fingerprint density at radius 1 is 1.26 bits per heavy atom. The molecule has 1 aromatic heterocycles. The largest absolute Gasteiger partial charge is 0.357 e. The monoisotopic (exact) mass is 390 g/mol. The van der Waals surface area contributed by atoms with Gasteiger partial charge in [0.15, 0.2) is 5.96 Å². The number of nitrogens with one attached hydrogen (secondary N) is 2. The third kappa shape index (κ3) is 4.85. The van der Waals surface area contributed by atoms with Gasteiger partial charge in [0.25, 0.3) is 0 Å². The van der Waals surface area contributed by atoms with Crippen LogP contribution in [0.1, 0.15) is 32.6 Å². The standard InChI is InChI=1S/C20H31ClN6/c1-2-22-20(24-12-15-7-10-26(13-15)17-5-6-17)25-16-8-11-27(14-16)19-18(21)4-3-9-23-19/h3-4,9,15-17H,2,5-8,10-14H2,1H3,(H2,22,24,25). The smallest absolute Gasteiger partial charge is 0.191 e. The lowest BCUT2D eigenvalue weighted by atomic mass is 10.1. The van der Waals surface area contributed by atoms with Crippen LogP contribution in [-0.4, -0.2) is 67.2 Å². The second-order valence-corrected chi connectivity index (χ2v) is 8.39. The van der Waals surface area contributed by atoms with Gasteiger partial charge in [-0.05, 0) is 57.2 Å². The molecule has 6 nitrogen and oxygen atoms in total. The molecule has 27 heavy (non-hydrogen) atoms. The van der Waals surface area contributed by atoms with Gasteiger partial charge in [-0.2, -0.15) is 0 Å². The molecule has 2 aliphatic heterocycles. The molecule has 2 atom stereocenters. The van der Waals surface area contributed by atoms with E-state index < -0.39 is 0 Å². The average Bonchev–Trinajstić information content (AvgIpc) is 3.23. The van der Waals surface area contributed by atoms with E-state index in [9.17, 15) is 0 Å². The summed E-state index contributed by atoms with van der Waals surface area (Å²) >= 11 is 6.30. The van der Waals surface area contributed by atoms with Crippen LogP contribution < -0.4 is 15.5 Å². The predicted octanol–water partition coefficient (Wildman–Crippen LogP) is 2.35. The van der Waals surface area contributed by atoms with E-state index in [1.54, 1.807) is 6.20 Å². The van der Waals surface area contributed by atoms with Crippen LogP contribution in [-0.2, 0) is 0 Å². The molecule has 2 saturated heterocycles. The molecule has 1 aromatic rings. The van der Waals surface area contributed by atoms with Crippen molar-refractivity contribution < 1.29 is 0 Å². The Labute approximate surface area is 167 Å². The molecule has 0 radical (unpaired) electrons. The maximum absolute atomic E-state index is 6.30. The summed E-state index contributed by atoms with van der Waals surface area (Å²) < 4.78 is 0. The number of guanidine groups is 1. The van der Waals surface area contributed by atoms with Gasteiger partial charge >= 0.3 is 0 Å². The van der Waals surface area contributed by atoms with Crippen molar-refractivity contribution in [2.75, 3.05) is 44.2 Å². The summed E-state index contributed by atoms with van der Waals surface area (Å²) in [7, 11) is 0. The zero-order valence-electron chi connectivity index (χ0n) is 16.2. The molecule has 1 aliphatic carbocycles. The minimum absolute atomic E-state index is 0.368. The summed E-state index contributed by atoms with van der Waals surface area (Å²) in [5.74, 6) is 2.53. The molecular weight excluding hydrogens is 360 g/mol. The summed E-state index contributed by atoms with van der Waals surface area (Å²) in [6, 6.07) is 5.03. The number of halogens is 1. The van der Waals surface area contributed by atoms with Crippen molar-refractivity contribution in [1.29, 1.82) is 0 Å². The van der Waals surface area contributed by atoms with Gasteiger partial charge in [0, 0.05) is 51.0 Å². The highest BCUT2D eigenvalue weighted by Crippen LogP contribution is 2.31. The van der Waals surface area contributed by atoms with Crippen molar-refractivity contribution >= 4 is 23.4 Å². The highest BCUT2D eigenvalue weighted by molar-refractivity contribution is 6.32. The fourth-order valence-electron chi connectivity index (χ4n) is 4.20. The normalized spacial score (nSPS) is 26.6. The van der Waals surface area contributed by atoms with Crippen LogP contribution >= 0.6 is 11.6 Å². The Hall–Kier alpha value is -1.53. The van der Waals surface area contributed by atoms with Gasteiger partial charge in [-0.25, -0.2) is 4.98 Å². The summed E-state index contributed by atoms with van der Waals surface area (Å²) in [4.78, 5) is 14.3. The van der Waals surface area contributed by atoms with E-state index in [2.05, 4.69) is 32.3 Å². The van der Waals surface area contributed by atoms with Crippen LogP contribution in [0.5, 0.6) is 0 Å². The van der Waals surface area contributed by atoms with E-state index in [-0.39, 0.29) is 0 Å². The minimum atomic E-state index is 0.368. The Kier molecular flexibility index (Phi) is 6.03. The van der Waals surface area contributed by atoms with Crippen LogP contribution in [0.15, 0.2) is 23.3 Å². The van der Waals surface area contributed by atoms with E-state index in [4.69, 9.17) is 16.6 Å². The van der Waals surface area contributed by atoms with Crippen molar-refractivity contribution in [3.63, 3.8) is 0 Å². The fourth-order valence-corrected chi connectivity index (χ4v) is 4.44. The van der Waals surface area contributed by atoms with Gasteiger partial charge in [-0.1, -0.05) is 11.6 Å². The van der Waals surface area contributed by atoms with Crippen molar-refractivity contribution in [1.82, 2.24) is 20.5 Å². The topological polar surface area (TPSA) is 55.8 Å². The number of aromatic nitrogens is 1. The van der Waals surface area contributed by atoms with E-state index in [1.807, 2.05) is 12.1 Å². The average molecular weight is 391 g/mol. The summed E-state index contributed by atoms with van der Waals surface area (Å²) in [6.07, 6.45) is 6.96. The quantitative estimate of drug-likeness (QED) is 0.576. The first-order valence-electron chi connectivity index (χ1n) is 10.4. The minimum Gasteiger partial charge on any atom is -0.357 e. The first-order valence-corrected chi connectivity index (χ1v) is 10.7. The first-order chi connectivity index (χ1) is 13.2. The van der Waals surface area contributed by atoms with Gasteiger partial charge in [-0.15, -0.1) is 0 Å². The molecule has 148 valence electrons. The molecule has 2 N–H and O–H groups in total. The molecular formula is C20H31ClN6. The number of aliphatic imine (C=N–C) groups is 1. The Bertz CT molecular complexity index is 662. The Balaban J connectivity index is 1.30. The third-order valence-corrected chi connectivity index (χ3v) is 6.10. The SMILES string of the molecule is CCNC(=NCC1CCN(C2CC2)C1)NC1CCN(c2ncccc2Cl)C1. The van der Waals surface area contributed by atoms with Gasteiger partial charge in [0.05, 0.1) is 5.02 Å². The van der Waals surface area contributed by atoms with Crippen LogP contribution in [0.4, 0.5) is 5.82 Å². The molecule has 0 bridgehead atoms. The van der Waals surface area contributed by atoms with Crippen LogP contribution in [0.25, 0.3) is 0 Å². The Morgan fingerprint density at radius 2 is 2.15 bits per heavy atom. The number of likely N-dealkylation sites (tertiary alicyclic amines) is 1. The van der Waals surface area contributed by atoms with Gasteiger partial charge < -0.3 is 20.4 Å². The number of hydrogen-bond acceptors (Lipinski definition) is 4. The third-order valence-electron chi connectivity index (χ3n) is 5.80. The molecule has 3 heterocycles. The lowest BCUT2D eigenvalue weighted by Gasteiger charge is -2.20. The van der Waals surface area contributed by atoms with E-state index >= 15 is 0 Å². The van der Waals surface area contributed by atoms with E-state index in [1.165, 1.54) is 32.4 Å². The lowest BCUT2D eigenvalue weighted by Crippen LogP contribution is -2.45. The summed E-state index contributed by atoms with van der Waals surface area (Å²) in [5, 5.41) is 7.75. The zero-order valence-corrected chi connectivity index (χ0v) is 17.0. The number of nitrogens with zero attached hydrogens (tertiary/aromatic N) is 4. The molecule has 4 rings (SSSR count). The Morgan fingerprint density at radius 3 is 2.93 bits per heavy atom. The highest BCUT2D eigenvalue weighted by atomic mass is 35.5. The summed E-state index contributed by atoms with van der Waals surface area (Å²) in [5.41, 5.74) is 0. The molecule has 2 unspecified atom stereocenters. The second-order valence-electron chi connectivity index (χ2n) is 7.99. The molecule has 0 aromatic carbocycles. The maximum atomic E-state index is 6.30. The highest BCUT2D eigenvalue weighted by Gasteiger charge is 2.34. The second kappa shape index (κ2) is 8.65. The van der Waals surface area contributed by atoms with E-state index in [0.717, 1.165) is 55.4 Å². The molecule has 3 aliphatic rings. The predicted molar refractivity (Wildman–Crippen MR) is 112 cm³/mol.